The number of thiophene rings is 1. The van der Waals surface area contributed by atoms with Gasteiger partial charge in [0.1, 0.15) is 17.4 Å². The van der Waals surface area contributed by atoms with Crippen LogP contribution in [-0.4, -0.2) is 15.2 Å². The maximum absolute atomic E-state index is 9.25. The molecular formula is C15H9N3O2S. The van der Waals surface area contributed by atoms with Crippen LogP contribution in [-0.2, 0) is 0 Å². The summed E-state index contributed by atoms with van der Waals surface area (Å²) in [6.07, 6.45) is 1.63. The van der Waals surface area contributed by atoms with Crippen LogP contribution in [0.4, 0.5) is 0 Å². The molecule has 5 nitrogen and oxygen atoms in total. The first kappa shape index (κ1) is 13.1. The third-order valence-corrected chi connectivity index (χ3v) is 3.59. The molecule has 0 unspecified atom stereocenters. The fourth-order valence-corrected chi connectivity index (χ4v) is 2.37. The van der Waals surface area contributed by atoms with Crippen molar-refractivity contribution in [3.8, 4) is 22.5 Å². The van der Waals surface area contributed by atoms with Crippen molar-refractivity contribution in [3.05, 3.63) is 53.2 Å². The summed E-state index contributed by atoms with van der Waals surface area (Å²) in [5, 5.41) is 24.3. The summed E-state index contributed by atoms with van der Waals surface area (Å²) in [6, 6.07) is 12.3. The van der Waals surface area contributed by atoms with E-state index in [-0.39, 0.29) is 17.2 Å². The number of phenolic OH excluding ortho intramolecular Hbond substituents is 1. The third-order valence-electron chi connectivity index (χ3n) is 2.72. The van der Waals surface area contributed by atoms with E-state index in [1.165, 1.54) is 11.3 Å². The van der Waals surface area contributed by atoms with Crippen LogP contribution < -0.4 is 0 Å². The van der Waals surface area contributed by atoms with Crippen molar-refractivity contribution >= 4 is 23.0 Å². The molecule has 3 rings (SSSR count). The minimum absolute atomic E-state index is 0.170. The van der Waals surface area contributed by atoms with Gasteiger partial charge in [0.15, 0.2) is 0 Å². The number of phenols is 1. The highest BCUT2D eigenvalue weighted by Gasteiger charge is 2.13. The van der Waals surface area contributed by atoms with Gasteiger partial charge in [-0.15, -0.1) is 11.3 Å². The highest BCUT2D eigenvalue weighted by Crippen LogP contribution is 2.24. The smallest absolute Gasteiger partial charge is 0.268 e. The van der Waals surface area contributed by atoms with Crippen LogP contribution >= 0.6 is 11.3 Å². The molecule has 102 valence electrons. The van der Waals surface area contributed by atoms with Gasteiger partial charge in [-0.05, 0) is 35.2 Å². The maximum Gasteiger partial charge on any atom is 0.268 e. The number of aromatic hydroxyl groups is 1. The van der Waals surface area contributed by atoms with Crippen molar-refractivity contribution in [2.24, 2.45) is 0 Å². The predicted octanol–water partition coefficient (Wildman–Crippen LogP) is 3.57. The summed E-state index contributed by atoms with van der Waals surface area (Å²) < 4.78 is 5.14. The third kappa shape index (κ3) is 2.83. The maximum atomic E-state index is 9.25. The van der Waals surface area contributed by atoms with Gasteiger partial charge < -0.3 is 9.63 Å². The number of nitrogens with zero attached hydrogens (tertiary/aromatic N) is 3. The predicted molar refractivity (Wildman–Crippen MR) is 79.2 cm³/mol. The summed E-state index contributed by atoms with van der Waals surface area (Å²) >= 11 is 1.50. The fraction of sp³-hybridized carbons (Fsp3) is 0. The SMILES string of the molecule is N#C/C(=C\c1ccc(O)cc1)c1nc(-c2cccs2)no1. The second-order valence-corrected chi connectivity index (χ2v) is 5.11. The van der Waals surface area contributed by atoms with Gasteiger partial charge in [0.2, 0.25) is 5.82 Å². The minimum Gasteiger partial charge on any atom is -0.508 e. The molecule has 1 aromatic carbocycles. The van der Waals surface area contributed by atoms with Crippen molar-refractivity contribution < 1.29 is 9.63 Å². The van der Waals surface area contributed by atoms with E-state index >= 15 is 0 Å². The summed E-state index contributed by atoms with van der Waals surface area (Å²) in [4.78, 5) is 5.11. The van der Waals surface area contributed by atoms with Crippen molar-refractivity contribution in [2.75, 3.05) is 0 Å². The van der Waals surface area contributed by atoms with Crippen LogP contribution in [0.1, 0.15) is 11.5 Å². The largest absolute Gasteiger partial charge is 0.508 e. The zero-order chi connectivity index (χ0) is 14.7. The molecule has 0 aliphatic rings. The number of allylic oxidation sites excluding steroid dienone is 1. The average Bonchev–Trinajstić information content (AvgIpc) is 3.17. The molecule has 0 aliphatic carbocycles. The molecule has 2 aromatic heterocycles. The number of benzene rings is 1. The molecule has 0 amide bonds. The Kier molecular flexibility index (Phi) is 3.50. The Morgan fingerprint density at radius 3 is 2.76 bits per heavy atom. The van der Waals surface area contributed by atoms with Gasteiger partial charge >= 0.3 is 0 Å². The molecule has 0 fully saturated rings. The van der Waals surface area contributed by atoms with Crippen molar-refractivity contribution in [2.45, 2.75) is 0 Å². The molecule has 0 atom stereocenters. The van der Waals surface area contributed by atoms with Crippen LogP contribution in [0.3, 0.4) is 0 Å². The lowest BCUT2D eigenvalue weighted by atomic mass is 10.1. The summed E-state index contributed by atoms with van der Waals surface area (Å²) in [5.41, 5.74) is 1.04. The number of hydrogen-bond acceptors (Lipinski definition) is 6. The van der Waals surface area contributed by atoms with E-state index in [2.05, 4.69) is 10.1 Å². The second-order valence-electron chi connectivity index (χ2n) is 4.16. The van der Waals surface area contributed by atoms with E-state index in [0.717, 1.165) is 10.4 Å². The fourth-order valence-electron chi connectivity index (χ4n) is 1.72. The quantitative estimate of drug-likeness (QED) is 0.747. The van der Waals surface area contributed by atoms with Gasteiger partial charge in [-0.2, -0.15) is 10.2 Å². The zero-order valence-corrected chi connectivity index (χ0v) is 11.5. The topological polar surface area (TPSA) is 82.9 Å². The lowest BCUT2D eigenvalue weighted by molar-refractivity contribution is 0.409. The Morgan fingerprint density at radius 2 is 2.10 bits per heavy atom. The van der Waals surface area contributed by atoms with Gasteiger partial charge in [-0.1, -0.05) is 23.4 Å². The van der Waals surface area contributed by atoms with Crippen LogP contribution in [0, 0.1) is 11.3 Å². The van der Waals surface area contributed by atoms with E-state index < -0.39 is 0 Å². The molecule has 0 radical (unpaired) electrons. The average molecular weight is 295 g/mol. The first-order valence-electron chi connectivity index (χ1n) is 6.05. The molecule has 21 heavy (non-hydrogen) atoms. The molecule has 0 saturated carbocycles. The lowest BCUT2D eigenvalue weighted by Gasteiger charge is -1.95. The Morgan fingerprint density at radius 1 is 1.29 bits per heavy atom. The normalized spacial score (nSPS) is 11.3. The molecule has 0 spiro atoms. The molecule has 0 saturated heterocycles. The minimum atomic E-state index is 0.170. The van der Waals surface area contributed by atoms with Gasteiger partial charge in [-0.3, -0.25) is 0 Å². The van der Waals surface area contributed by atoms with E-state index in [9.17, 15) is 10.4 Å². The lowest BCUT2D eigenvalue weighted by Crippen LogP contribution is -1.82. The van der Waals surface area contributed by atoms with E-state index in [0.29, 0.717) is 5.82 Å². The van der Waals surface area contributed by atoms with Crippen molar-refractivity contribution in [1.82, 2.24) is 10.1 Å². The zero-order valence-electron chi connectivity index (χ0n) is 10.7. The number of nitriles is 1. The van der Waals surface area contributed by atoms with Crippen LogP contribution in [0.5, 0.6) is 5.75 Å². The van der Waals surface area contributed by atoms with Crippen LogP contribution in [0.25, 0.3) is 22.4 Å². The van der Waals surface area contributed by atoms with Crippen LogP contribution in [0.2, 0.25) is 0 Å². The molecular weight excluding hydrogens is 286 g/mol. The highest BCUT2D eigenvalue weighted by atomic mass is 32.1. The molecule has 2 heterocycles. The molecule has 0 bridgehead atoms. The van der Waals surface area contributed by atoms with Crippen molar-refractivity contribution in [3.63, 3.8) is 0 Å². The molecule has 0 aliphatic heterocycles. The van der Waals surface area contributed by atoms with E-state index in [4.69, 9.17) is 4.52 Å². The Bertz CT molecular complexity index is 811. The van der Waals surface area contributed by atoms with Crippen LogP contribution in [0.15, 0.2) is 46.3 Å². The second kappa shape index (κ2) is 5.61. The number of aromatic nitrogens is 2. The summed E-state index contributed by atoms with van der Waals surface area (Å²) in [7, 11) is 0. The summed E-state index contributed by atoms with van der Waals surface area (Å²) in [6.45, 7) is 0. The summed E-state index contributed by atoms with van der Waals surface area (Å²) in [5.74, 6) is 0.810. The first-order chi connectivity index (χ1) is 10.3. The van der Waals surface area contributed by atoms with Gasteiger partial charge in [0, 0.05) is 0 Å². The Balaban J connectivity index is 1.94. The molecule has 6 heteroatoms. The number of rotatable bonds is 3. The highest BCUT2D eigenvalue weighted by molar-refractivity contribution is 7.13. The van der Waals surface area contributed by atoms with E-state index in [1.54, 1.807) is 30.3 Å². The molecule has 3 aromatic rings. The standard InChI is InChI=1S/C15H9N3O2S/c16-9-11(8-10-3-5-12(19)6-4-10)15-17-14(18-20-15)13-2-1-7-21-13/h1-8,19H/b11-8+. The Hall–Kier alpha value is -2.91. The van der Waals surface area contributed by atoms with E-state index in [1.807, 2.05) is 23.6 Å². The molecule has 1 N–H and O–H groups in total. The van der Waals surface area contributed by atoms with Gasteiger partial charge in [0.25, 0.3) is 5.89 Å². The van der Waals surface area contributed by atoms with Gasteiger partial charge in [-0.25, -0.2) is 0 Å². The van der Waals surface area contributed by atoms with Crippen molar-refractivity contribution in [1.29, 1.82) is 5.26 Å². The Labute approximate surface area is 124 Å². The number of hydrogen-bond donors (Lipinski definition) is 1. The monoisotopic (exact) mass is 295 g/mol. The first-order valence-corrected chi connectivity index (χ1v) is 6.93. The van der Waals surface area contributed by atoms with Gasteiger partial charge in [0.05, 0.1) is 4.88 Å².